The van der Waals surface area contributed by atoms with Gasteiger partial charge < -0.3 is 24.5 Å². The number of carbonyl (C=O) groups excluding carboxylic acids is 1. The van der Waals surface area contributed by atoms with Crippen LogP contribution in [0.2, 0.25) is 0 Å². The number of rotatable bonds is 6. The Labute approximate surface area is 176 Å². The Morgan fingerprint density at radius 2 is 1.87 bits per heavy atom. The molecule has 3 N–H and O–H groups in total. The highest BCUT2D eigenvalue weighted by Crippen LogP contribution is 2.26. The van der Waals surface area contributed by atoms with E-state index in [0.717, 1.165) is 17.0 Å². The smallest absolute Gasteiger partial charge is 0.417 e. The highest BCUT2D eigenvalue weighted by Gasteiger charge is 2.16. The third-order valence-corrected chi connectivity index (χ3v) is 4.54. The molecular weight excluding hydrogens is 402 g/mol. The number of methoxy groups -OCH3 is 2. The van der Waals surface area contributed by atoms with Crippen molar-refractivity contribution < 1.29 is 18.7 Å². The number of aryl methyl sites for hydroxylation is 1. The molecule has 0 spiro atoms. The third kappa shape index (κ3) is 4.17. The number of nitrogens with zero attached hydrogens (tertiary/aromatic N) is 2. The van der Waals surface area contributed by atoms with E-state index in [1.807, 2.05) is 25.1 Å². The van der Waals surface area contributed by atoms with Crippen LogP contribution < -0.4 is 21.1 Å². The zero-order valence-electron chi connectivity index (χ0n) is 17.0. The van der Waals surface area contributed by atoms with E-state index >= 15 is 0 Å². The topological polar surface area (TPSA) is 131 Å². The predicted molar refractivity (Wildman–Crippen MR) is 115 cm³/mol. The van der Waals surface area contributed by atoms with Crippen LogP contribution in [0.1, 0.15) is 15.9 Å². The molecule has 0 saturated heterocycles. The van der Waals surface area contributed by atoms with Gasteiger partial charge in [-0.05, 0) is 36.8 Å². The molecule has 31 heavy (non-hydrogen) atoms. The number of aromatic amines is 1. The van der Waals surface area contributed by atoms with Gasteiger partial charge in [-0.25, -0.2) is 14.6 Å². The Bertz CT molecular complexity index is 1330. The van der Waals surface area contributed by atoms with Crippen molar-refractivity contribution in [1.82, 2.24) is 15.0 Å². The van der Waals surface area contributed by atoms with Gasteiger partial charge in [-0.1, -0.05) is 6.07 Å². The number of H-pyrrole nitrogens is 1. The van der Waals surface area contributed by atoms with Crippen molar-refractivity contribution in [2.45, 2.75) is 6.92 Å². The minimum Gasteiger partial charge on any atom is -0.496 e. The van der Waals surface area contributed by atoms with Crippen molar-refractivity contribution in [1.29, 1.82) is 0 Å². The number of esters is 1. The number of aromatic nitrogens is 3. The lowest BCUT2D eigenvalue weighted by Gasteiger charge is -2.13. The van der Waals surface area contributed by atoms with E-state index in [2.05, 4.69) is 25.6 Å². The fourth-order valence-electron chi connectivity index (χ4n) is 2.99. The van der Waals surface area contributed by atoms with E-state index in [1.54, 1.807) is 25.3 Å². The summed E-state index contributed by atoms with van der Waals surface area (Å²) in [5, 5.41) is 6.16. The molecule has 158 valence electrons. The summed E-state index contributed by atoms with van der Waals surface area (Å²) < 4.78 is 15.2. The molecule has 2 aromatic heterocycles. The van der Waals surface area contributed by atoms with Gasteiger partial charge in [0.2, 0.25) is 5.95 Å². The lowest BCUT2D eigenvalue weighted by molar-refractivity contribution is 0.0601. The van der Waals surface area contributed by atoms with Gasteiger partial charge in [-0.15, -0.1) is 0 Å². The molecule has 4 aromatic rings. The first-order valence-electron chi connectivity index (χ1n) is 9.24. The molecule has 10 heteroatoms. The Morgan fingerprint density at radius 1 is 1.10 bits per heavy atom. The quantitative estimate of drug-likeness (QED) is 0.400. The van der Waals surface area contributed by atoms with Gasteiger partial charge in [0.25, 0.3) is 0 Å². The van der Waals surface area contributed by atoms with E-state index in [-0.39, 0.29) is 17.3 Å². The molecule has 0 fully saturated rings. The fourth-order valence-corrected chi connectivity index (χ4v) is 2.99. The van der Waals surface area contributed by atoms with Crippen LogP contribution in [0.5, 0.6) is 5.75 Å². The standard InChI is InChI=1S/C21H19N5O5/c1-11-4-5-13(9-17(11)29-2)24-20-22-10-14(19(27)30-3)18(26-20)23-12-6-7-16-15(8-12)25-21(28)31-16/h4-10H,1-3H3,(H,25,28)(H2,22,23,24,26). The van der Waals surface area contributed by atoms with Crippen LogP contribution >= 0.6 is 0 Å². The maximum absolute atomic E-state index is 12.2. The van der Waals surface area contributed by atoms with Crippen molar-refractivity contribution in [2.75, 3.05) is 24.9 Å². The molecular formula is C21H19N5O5. The molecule has 2 aromatic carbocycles. The number of oxazole rings is 1. The first kappa shape index (κ1) is 20.0. The summed E-state index contributed by atoms with van der Waals surface area (Å²) in [6.45, 7) is 1.94. The summed E-state index contributed by atoms with van der Waals surface area (Å²) in [5.41, 5.74) is 3.37. The Morgan fingerprint density at radius 3 is 2.65 bits per heavy atom. The largest absolute Gasteiger partial charge is 0.496 e. The van der Waals surface area contributed by atoms with Crippen molar-refractivity contribution in [2.24, 2.45) is 0 Å². The number of benzene rings is 2. The average molecular weight is 421 g/mol. The summed E-state index contributed by atoms with van der Waals surface area (Å²) in [6.07, 6.45) is 1.37. The van der Waals surface area contributed by atoms with E-state index in [4.69, 9.17) is 13.9 Å². The Kier molecular flexibility index (Phi) is 5.27. The number of hydrogen-bond donors (Lipinski definition) is 3. The van der Waals surface area contributed by atoms with Crippen molar-refractivity contribution in [3.05, 3.63) is 64.3 Å². The van der Waals surface area contributed by atoms with Crippen LogP contribution in [0.15, 0.2) is 51.8 Å². The fraction of sp³-hybridized carbons (Fsp3) is 0.143. The Hall–Kier alpha value is -4.34. The summed E-state index contributed by atoms with van der Waals surface area (Å²) in [6, 6.07) is 10.6. The van der Waals surface area contributed by atoms with Crippen LogP contribution in [0.3, 0.4) is 0 Å². The zero-order valence-corrected chi connectivity index (χ0v) is 17.0. The first-order chi connectivity index (χ1) is 15.0. The molecule has 0 aliphatic heterocycles. The maximum atomic E-state index is 12.2. The second kappa shape index (κ2) is 8.19. The second-order valence-corrected chi connectivity index (χ2v) is 6.61. The molecule has 0 unspecified atom stereocenters. The molecule has 0 aliphatic carbocycles. The van der Waals surface area contributed by atoms with E-state index in [0.29, 0.717) is 16.8 Å². The summed E-state index contributed by atoms with van der Waals surface area (Å²) >= 11 is 0. The van der Waals surface area contributed by atoms with Crippen molar-refractivity contribution >= 4 is 40.2 Å². The van der Waals surface area contributed by atoms with Crippen LogP contribution in [0, 0.1) is 6.92 Å². The zero-order chi connectivity index (χ0) is 22.0. The first-order valence-corrected chi connectivity index (χ1v) is 9.24. The second-order valence-electron chi connectivity index (χ2n) is 6.61. The van der Waals surface area contributed by atoms with Gasteiger partial charge in [0, 0.05) is 23.6 Å². The molecule has 4 rings (SSSR count). The van der Waals surface area contributed by atoms with Gasteiger partial charge in [-0.2, -0.15) is 4.98 Å². The molecule has 0 bridgehead atoms. The van der Waals surface area contributed by atoms with Gasteiger partial charge in [0.15, 0.2) is 11.4 Å². The molecule has 0 radical (unpaired) electrons. The van der Waals surface area contributed by atoms with Crippen LogP contribution in [-0.4, -0.2) is 35.1 Å². The van der Waals surface area contributed by atoms with Crippen molar-refractivity contribution in [3.8, 4) is 5.75 Å². The highest BCUT2D eigenvalue weighted by molar-refractivity contribution is 5.95. The molecule has 0 saturated carbocycles. The number of fused-ring (bicyclic) bond motifs is 1. The Balaban J connectivity index is 1.68. The van der Waals surface area contributed by atoms with Gasteiger partial charge >= 0.3 is 11.7 Å². The lowest BCUT2D eigenvalue weighted by atomic mass is 10.2. The summed E-state index contributed by atoms with van der Waals surface area (Å²) in [5.74, 6) is 0.0673. The summed E-state index contributed by atoms with van der Waals surface area (Å²) in [7, 11) is 2.87. The van der Waals surface area contributed by atoms with Gasteiger partial charge in [0.05, 0.1) is 19.7 Å². The summed E-state index contributed by atoms with van der Waals surface area (Å²) in [4.78, 5) is 34.8. The van der Waals surface area contributed by atoms with E-state index in [1.165, 1.54) is 13.3 Å². The molecule has 0 atom stereocenters. The van der Waals surface area contributed by atoms with Crippen LogP contribution in [-0.2, 0) is 4.74 Å². The average Bonchev–Trinajstić information content (AvgIpc) is 3.14. The predicted octanol–water partition coefficient (Wildman–Crippen LogP) is 3.50. The number of nitrogens with one attached hydrogen (secondary N) is 3. The van der Waals surface area contributed by atoms with E-state index < -0.39 is 11.7 Å². The highest BCUT2D eigenvalue weighted by atomic mass is 16.5. The van der Waals surface area contributed by atoms with Crippen LogP contribution in [0.4, 0.5) is 23.1 Å². The number of carbonyl (C=O) groups is 1. The minimum absolute atomic E-state index is 0.148. The van der Waals surface area contributed by atoms with E-state index in [9.17, 15) is 9.59 Å². The van der Waals surface area contributed by atoms with Crippen molar-refractivity contribution in [3.63, 3.8) is 0 Å². The molecule has 0 amide bonds. The number of ether oxygens (including phenoxy) is 2. The molecule has 0 aliphatic rings. The number of hydrogen-bond acceptors (Lipinski definition) is 9. The maximum Gasteiger partial charge on any atom is 0.417 e. The van der Waals surface area contributed by atoms with Gasteiger partial charge in [0.1, 0.15) is 11.3 Å². The molecule has 2 heterocycles. The number of anilines is 4. The van der Waals surface area contributed by atoms with Gasteiger partial charge in [-0.3, -0.25) is 4.98 Å². The monoisotopic (exact) mass is 421 g/mol. The molecule has 10 nitrogen and oxygen atoms in total. The normalized spacial score (nSPS) is 10.7. The minimum atomic E-state index is -0.594. The SMILES string of the molecule is COC(=O)c1cnc(Nc2ccc(C)c(OC)c2)nc1Nc1ccc2oc(=O)[nH]c2c1. The van der Waals surface area contributed by atoms with Crippen LogP contribution in [0.25, 0.3) is 11.1 Å². The third-order valence-electron chi connectivity index (χ3n) is 4.54. The lowest BCUT2D eigenvalue weighted by Crippen LogP contribution is -2.10.